The zero-order chi connectivity index (χ0) is 6.57. The molecule has 0 radical (unpaired) electrons. The molecular weight excluding hydrogens is 110 g/mol. The molecule has 0 spiro atoms. The van der Waals surface area contributed by atoms with Crippen LogP contribution in [0.2, 0.25) is 0 Å². The molecule has 0 saturated carbocycles. The van der Waals surface area contributed by atoms with Crippen LogP contribution in [0.15, 0.2) is 0 Å². The maximum atomic E-state index is 9.93. The fraction of sp³-hybridized carbons (Fsp3) is 0.250. The van der Waals surface area contributed by atoms with Crippen LogP contribution in [-0.4, -0.2) is 18.0 Å². The summed E-state index contributed by atoms with van der Waals surface area (Å²) in [5.41, 5.74) is 0. The van der Waals surface area contributed by atoms with Crippen molar-refractivity contribution in [1.82, 2.24) is 0 Å². The van der Waals surface area contributed by atoms with Crippen molar-refractivity contribution < 1.29 is 14.7 Å². The van der Waals surface area contributed by atoms with Gasteiger partial charge in [0.25, 0.3) is 0 Å². The second kappa shape index (κ2) is 2.90. The number of carbonyl (C=O) groups is 2. The van der Waals surface area contributed by atoms with Crippen molar-refractivity contribution in [3.05, 3.63) is 0 Å². The standard InChI is InChI=1S/C4H5NO3/c5-2-1-3(6)4(7)8/h2,5H,1H2,(H,7,8)/p-1. The SMILES string of the molecule is N=CCC(=O)C(=O)[O-]. The van der Waals surface area contributed by atoms with Gasteiger partial charge >= 0.3 is 0 Å². The lowest BCUT2D eigenvalue weighted by Gasteiger charge is -1.92. The van der Waals surface area contributed by atoms with E-state index in [4.69, 9.17) is 5.41 Å². The van der Waals surface area contributed by atoms with Crippen LogP contribution in [-0.2, 0) is 9.59 Å². The number of hydrogen-bond acceptors (Lipinski definition) is 4. The predicted molar refractivity (Wildman–Crippen MR) is 23.4 cm³/mol. The number of carboxylic acids is 1. The summed E-state index contributed by atoms with van der Waals surface area (Å²) in [5.74, 6) is -2.78. The van der Waals surface area contributed by atoms with Crippen LogP contribution < -0.4 is 5.11 Å². The lowest BCUT2D eigenvalue weighted by atomic mass is 10.3. The Balaban J connectivity index is 3.65. The Kier molecular flexibility index (Phi) is 2.47. The summed E-state index contributed by atoms with van der Waals surface area (Å²) >= 11 is 0. The van der Waals surface area contributed by atoms with E-state index in [2.05, 4.69) is 0 Å². The number of aliphatic carboxylic acids is 1. The Labute approximate surface area is 45.6 Å². The van der Waals surface area contributed by atoms with E-state index in [9.17, 15) is 14.7 Å². The molecule has 0 fully saturated rings. The fourth-order valence-corrected chi connectivity index (χ4v) is 0.176. The molecule has 0 bridgehead atoms. The third-order valence-electron chi connectivity index (χ3n) is 0.515. The van der Waals surface area contributed by atoms with Crippen LogP contribution in [0.3, 0.4) is 0 Å². The minimum atomic E-state index is -1.73. The van der Waals surface area contributed by atoms with Gasteiger partial charge in [0, 0.05) is 12.6 Å². The summed E-state index contributed by atoms with van der Waals surface area (Å²) in [6.45, 7) is 0. The average molecular weight is 114 g/mol. The number of carboxylic acid groups (broad SMARTS) is 1. The Morgan fingerprint density at radius 2 is 2.12 bits per heavy atom. The van der Waals surface area contributed by atoms with Gasteiger partial charge in [0.05, 0.1) is 0 Å². The highest BCUT2D eigenvalue weighted by atomic mass is 16.4. The molecule has 4 heteroatoms. The third kappa shape index (κ3) is 2.07. The molecule has 0 aromatic rings. The first kappa shape index (κ1) is 6.81. The molecule has 4 nitrogen and oxygen atoms in total. The van der Waals surface area contributed by atoms with E-state index < -0.39 is 11.8 Å². The van der Waals surface area contributed by atoms with Gasteiger partial charge in [0.15, 0.2) is 5.78 Å². The lowest BCUT2D eigenvalue weighted by Crippen LogP contribution is -2.31. The Hall–Kier alpha value is -1.19. The molecule has 0 atom stereocenters. The van der Waals surface area contributed by atoms with Gasteiger partial charge in [0.1, 0.15) is 5.97 Å². The van der Waals surface area contributed by atoms with Gasteiger partial charge in [-0.15, -0.1) is 0 Å². The quantitative estimate of drug-likeness (QED) is 0.352. The first-order valence-corrected chi connectivity index (χ1v) is 1.91. The molecule has 8 heavy (non-hydrogen) atoms. The van der Waals surface area contributed by atoms with E-state index in [1.54, 1.807) is 0 Å². The fourth-order valence-electron chi connectivity index (χ4n) is 0.176. The van der Waals surface area contributed by atoms with Crippen LogP contribution >= 0.6 is 0 Å². The number of ketones is 1. The van der Waals surface area contributed by atoms with E-state index in [-0.39, 0.29) is 6.42 Å². The summed E-state index contributed by atoms with van der Waals surface area (Å²) in [5, 5.41) is 15.8. The summed E-state index contributed by atoms with van der Waals surface area (Å²) < 4.78 is 0. The Morgan fingerprint density at radius 1 is 1.62 bits per heavy atom. The highest BCUT2D eigenvalue weighted by Crippen LogP contribution is 1.72. The number of rotatable bonds is 3. The molecule has 0 aliphatic rings. The zero-order valence-corrected chi connectivity index (χ0v) is 4.01. The molecule has 0 aliphatic carbocycles. The van der Waals surface area contributed by atoms with Gasteiger partial charge < -0.3 is 15.3 Å². The van der Waals surface area contributed by atoms with Crippen molar-refractivity contribution >= 4 is 18.0 Å². The van der Waals surface area contributed by atoms with Gasteiger partial charge in [-0.05, 0) is 0 Å². The lowest BCUT2D eigenvalue weighted by molar-refractivity contribution is -0.299. The van der Waals surface area contributed by atoms with Crippen LogP contribution in [0.1, 0.15) is 6.42 Å². The topological polar surface area (TPSA) is 81.0 Å². The number of carbonyl (C=O) groups excluding carboxylic acids is 2. The van der Waals surface area contributed by atoms with Gasteiger partial charge in [-0.25, -0.2) is 0 Å². The molecule has 0 heterocycles. The van der Waals surface area contributed by atoms with Gasteiger partial charge in [-0.1, -0.05) is 0 Å². The third-order valence-corrected chi connectivity index (χ3v) is 0.515. The van der Waals surface area contributed by atoms with E-state index in [1.807, 2.05) is 0 Å². The van der Waals surface area contributed by atoms with Crippen LogP contribution in [0.5, 0.6) is 0 Å². The molecule has 0 aliphatic heterocycles. The molecule has 0 amide bonds. The summed E-state index contributed by atoms with van der Waals surface area (Å²) in [6.07, 6.45) is 0.348. The molecule has 0 rings (SSSR count). The first-order chi connectivity index (χ1) is 3.68. The number of Topliss-reactive ketones (excluding diaryl/α,β-unsaturated/α-hetero) is 1. The van der Waals surface area contributed by atoms with Crippen molar-refractivity contribution in [1.29, 1.82) is 5.41 Å². The highest BCUT2D eigenvalue weighted by Gasteiger charge is 1.96. The van der Waals surface area contributed by atoms with Crippen molar-refractivity contribution in [3.8, 4) is 0 Å². The average Bonchev–Trinajstić information content (AvgIpc) is 1.67. The van der Waals surface area contributed by atoms with Crippen LogP contribution in [0.25, 0.3) is 0 Å². The first-order valence-electron chi connectivity index (χ1n) is 1.91. The maximum absolute atomic E-state index is 9.93. The number of nitrogens with one attached hydrogen (secondary N) is 1. The zero-order valence-electron chi connectivity index (χ0n) is 4.01. The molecule has 0 saturated heterocycles. The monoisotopic (exact) mass is 114 g/mol. The molecule has 0 aromatic heterocycles. The molecular formula is C4H4NO3-. The van der Waals surface area contributed by atoms with Crippen molar-refractivity contribution in [3.63, 3.8) is 0 Å². The minimum Gasteiger partial charge on any atom is -0.542 e. The highest BCUT2D eigenvalue weighted by molar-refractivity contribution is 6.34. The Morgan fingerprint density at radius 3 is 2.25 bits per heavy atom. The van der Waals surface area contributed by atoms with E-state index in [0.717, 1.165) is 6.21 Å². The molecule has 0 aromatic carbocycles. The van der Waals surface area contributed by atoms with Crippen LogP contribution in [0.4, 0.5) is 0 Å². The maximum Gasteiger partial charge on any atom is 0.183 e. The number of hydrogen-bond donors (Lipinski definition) is 1. The normalized spacial score (nSPS) is 8.00. The van der Waals surface area contributed by atoms with Gasteiger partial charge in [0.2, 0.25) is 0 Å². The summed E-state index contributed by atoms with van der Waals surface area (Å²) in [4.78, 5) is 19.5. The second-order valence-electron chi connectivity index (χ2n) is 1.12. The largest absolute Gasteiger partial charge is 0.542 e. The van der Waals surface area contributed by atoms with E-state index in [1.165, 1.54) is 0 Å². The second-order valence-corrected chi connectivity index (χ2v) is 1.12. The smallest absolute Gasteiger partial charge is 0.183 e. The van der Waals surface area contributed by atoms with E-state index >= 15 is 0 Å². The summed E-state index contributed by atoms with van der Waals surface area (Å²) in [7, 11) is 0. The van der Waals surface area contributed by atoms with Gasteiger partial charge in [-0.3, -0.25) is 4.79 Å². The van der Waals surface area contributed by atoms with Crippen molar-refractivity contribution in [2.75, 3.05) is 0 Å². The van der Waals surface area contributed by atoms with Gasteiger partial charge in [-0.2, -0.15) is 0 Å². The Bertz CT molecular complexity index is 129. The van der Waals surface area contributed by atoms with Crippen LogP contribution in [0, 0.1) is 5.41 Å². The molecule has 1 N–H and O–H groups in total. The summed E-state index contributed by atoms with van der Waals surface area (Å²) in [6, 6.07) is 0. The minimum absolute atomic E-state index is 0.373. The molecule has 0 unspecified atom stereocenters. The van der Waals surface area contributed by atoms with Crippen molar-refractivity contribution in [2.45, 2.75) is 6.42 Å². The van der Waals surface area contributed by atoms with Crippen molar-refractivity contribution in [2.24, 2.45) is 0 Å². The molecule has 44 valence electrons. The predicted octanol–water partition coefficient (Wildman–Crippen LogP) is -1.65. The van der Waals surface area contributed by atoms with E-state index in [0.29, 0.717) is 0 Å².